The molecule has 1 amide bonds. The predicted octanol–water partition coefficient (Wildman–Crippen LogP) is 3.65. The Labute approximate surface area is 175 Å². The molecule has 0 aliphatic carbocycles. The summed E-state index contributed by atoms with van der Waals surface area (Å²) >= 11 is 0. The summed E-state index contributed by atoms with van der Waals surface area (Å²) in [5.41, 5.74) is 11.0. The van der Waals surface area contributed by atoms with Crippen LogP contribution in [0.25, 0.3) is 0 Å². The summed E-state index contributed by atoms with van der Waals surface area (Å²) in [5.74, 6) is 7.11. The molecule has 0 radical (unpaired) electrons. The van der Waals surface area contributed by atoms with E-state index in [2.05, 4.69) is 27.1 Å². The Morgan fingerprint density at radius 1 is 1.17 bits per heavy atom. The number of rotatable bonds is 2. The highest BCUT2D eigenvalue weighted by atomic mass is 16.5. The number of nitrogen functional groups attached to an aromatic ring is 1. The molecule has 1 aliphatic heterocycles. The number of ether oxygens (including phenoxy) is 1. The number of carbonyl (C=O) groups is 1. The van der Waals surface area contributed by atoms with Crippen molar-refractivity contribution in [1.82, 2.24) is 9.97 Å². The fourth-order valence-electron chi connectivity index (χ4n) is 3.20. The third-order valence-electron chi connectivity index (χ3n) is 4.98. The van der Waals surface area contributed by atoms with Crippen LogP contribution in [0.1, 0.15) is 44.9 Å². The fourth-order valence-corrected chi connectivity index (χ4v) is 3.20. The number of nitrogens with one attached hydrogen (secondary N) is 1. The number of benzene rings is 2. The standard InChI is InChI=1S/C24H22N4O2/c1-15-5-6-19(12-18(15)8-10-21-14-26-23(25)16(2)27-21)24(29)28-20-9-7-17-4-3-11-30-22(17)13-20/h5-7,9,12-14H,3-4,11H2,1-2H3,(H2,25,26)(H,28,29). The number of anilines is 2. The molecular formula is C24H22N4O2. The van der Waals surface area contributed by atoms with Gasteiger partial charge in [-0.15, -0.1) is 0 Å². The summed E-state index contributed by atoms with van der Waals surface area (Å²) in [4.78, 5) is 21.2. The summed E-state index contributed by atoms with van der Waals surface area (Å²) in [6.07, 6.45) is 3.56. The number of carbonyl (C=O) groups excluding carboxylic acids is 1. The van der Waals surface area contributed by atoms with E-state index in [-0.39, 0.29) is 5.91 Å². The SMILES string of the molecule is Cc1ccc(C(=O)Nc2ccc3c(c2)OCCC3)cc1C#Cc1cnc(N)c(C)n1. The fraction of sp³-hybridized carbons (Fsp3) is 0.208. The first-order valence-corrected chi connectivity index (χ1v) is 9.78. The molecule has 30 heavy (non-hydrogen) atoms. The van der Waals surface area contributed by atoms with Crippen molar-refractivity contribution >= 4 is 17.4 Å². The van der Waals surface area contributed by atoms with Gasteiger partial charge in [0.1, 0.15) is 17.3 Å². The van der Waals surface area contributed by atoms with Crippen molar-refractivity contribution in [2.24, 2.45) is 0 Å². The van der Waals surface area contributed by atoms with Crippen molar-refractivity contribution in [2.45, 2.75) is 26.7 Å². The van der Waals surface area contributed by atoms with Crippen LogP contribution in [0.15, 0.2) is 42.6 Å². The van der Waals surface area contributed by atoms with Gasteiger partial charge in [-0.1, -0.05) is 18.1 Å². The second-order valence-corrected chi connectivity index (χ2v) is 7.23. The molecular weight excluding hydrogens is 376 g/mol. The second kappa shape index (κ2) is 8.26. The van der Waals surface area contributed by atoms with Crippen LogP contribution in [-0.4, -0.2) is 22.5 Å². The molecule has 0 saturated heterocycles. The number of aromatic nitrogens is 2. The van der Waals surface area contributed by atoms with Gasteiger partial charge in [0.15, 0.2) is 0 Å². The third kappa shape index (κ3) is 4.26. The molecule has 2 heterocycles. The quantitative estimate of drug-likeness (QED) is 0.643. The Hall–Kier alpha value is -3.85. The topological polar surface area (TPSA) is 90.1 Å². The summed E-state index contributed by atoms with van der Waals surface area (Å²) in [6, 6.07) is 11.2. The van der Waals surface area contributed by atoms with Crippen LogP contribution in [0.4, 0.5) is 11.5 Å². The third-order valence-corrected chi connectivity index (χ3v) is 4.98. The molecule has 0 atom stereocenters. The van der Waals surface area contributed by atoms with Gasteiger partial charge >= 0.3 is 0 Å². The molecule has 150 valence electrons. The van der Waals surface area contributed by atoms with Crippen LogP contribution in [0.5, 0.6) is 5.75 Å². The van der Waals surface area contributed by atoms with Crippen LogP contribution >= 0.6 is 0 Å². The molecule has 0 bridgehead atoms. The number of hydrogen-bond donors (Lipinski definition) is 2. The van der Waals surface area contributed by atoms with E-state index >= 15 is 0 Å². The van der Waals surface area contributed by atoms with Crippen molar-refractivity contribution in [3.05, 3.63) is 76.2 Å². The zero-order valence-electron chi connectivity index (χ0n) is 17.0. The number of amides is 1. The number of fused-ring (bicyclic) bond motifs is 1. The van der Waals surface area contributed by atoms with E-state index in [1.807, 2.05) is 31.2 Å². The maximum atomic E-state index is 12.8. The summed E-state index contributed by atoms with van der Waals surface area (Å²) in [5, 5.41) is 2.94. The van der Waals surface area contributed by atoms with E-state index in [0.29, 0.717) is 35.1 Å². The molecule has 0 saturated carbocycles. The lowest BCUT2D eigenvalue weighted by atomic mass is 10.0. The predicted molar refractivity (Wildman–Crippen MR) is 117 cm³/mol. The molecule has 1 aliphatic rings. The van der Waals surface area contributed by atoms with E-state index in [4.69, 9.17) is 10.5 Å². The normalized spacial score (nSPS) is 12.2. The Balaban J connectivity index is 1.55. The van der Waals surface area contributed by atoms with Crippen molar-refractivity contribution in [3.63, 3.8) is 0 Å². The molecule has 3 N–H and O–H groups in total. The van der Waals surface area contributed by atoms with Crippen molar-refractivity contribution < 1.29 is 9.53 Å². The van der Waals surface area contributed by atoms with Gasteiger partial charge in [0.25, 0.3) is 5.91 Å². The Kier molecular flexibility index (Phi) is 5.36. The largest absolute Gasteiger partial charge is 0.493 e. The monoisotopic (exact) mass is 398 g/mol. The smallest absolute Gasteiger partial charge is 0.255 e. The maximum Gasteiger partial charge on any atom is 0.255 e. The van der Waals surface area contributed by atoms with E-state index in [1.54, 1.807) is 25.3 Å². The van der Waals surface area contributed by atoms with Gasteiger partial charge in [-0.05, 0) is 61.9 Å². The minimum atomic E-state index is -0.197. The molecule has 3 aromatic rings. The second-order valence-electron chi connectivity index (χ2n) is 7.23. The molecule has 0 fully saturated rings. The van der Waals surface area contributed by atoms with Crippen molar-refractivity contribution in [3.8, 4) is 17.6 Å². The van der Waals surface area contributed by atoms with Crippen molar-refractivity contribution in [2.75, 3.05) is 17.7 Å². The highest BCUT2D eigenvalue weighted by Crippen LogP contribution is 2.28. The van der Waals surface area contributed by atoms with Crippen LogP contribution in [-0.2, 0) is 6.42 Å². The molecule has 2 aromatic carbocycles. The van der Waals surface area contributed by atoms with Gasteiger partial charge in [0, 0.05) is 22.9 Å². The lowest BCUT2D eigenvalue weighted by Gasteiger charge is -2.18. The van der Waals surface area contributed by atoms with Crippen LogP contribution in [0.3, 0.4) is 0 Å². The zero-order valence-corrected chi connectivity index (χ0v) is 17.0. The molecule has 0 spiro atoms. The average molecular weight is 398 g/mol. The van der Waals surface area contributed by atoms with Crippen LogP contribution in [0.2, 0.25) is 0 Å². The van der Waals surface area contributed by atoms with Gasteiger partial charge < -0.3 is 15.8 Å². The number of nitrogens with two attached hydrogens (primary N) is 1. The number of hydrogen-bond acceptors (Lipinski definition) is 5. The number of nitrogens with zero attached hydrogens (tertiary/aromatic N) is 2. The first-order chi connectivity index (χ1) is 14.5. The van der Waals surface area contributed by atoms with E-state index in [1.165, 1.54) is 5.56 Å². The molecule has 1 aromatic heterocycles. The van der Waals surface area contributed by atoms with Gasteiger partial charge in [0.2, 0.25) is 0 Å². The van der Waals surface area contributed by atoms with Crippen LogP contribution < -0.4 is 15.8 Å². The van der Waals surface area contributed by atoms with Crippen LogP contribution in [0, 0.1) is 25.7 Å². The number of aryl methyl sites for hydroxylation is 3. The maximum absolute atomic E-state index is 12.8. The lowest BCUT2D eigenvalue weighted by molar-refractivity contribution is 0.102. The molecule has 6 heteroatoms. The lowest BCUT2D eigenvalue weighted by Crippen LogP contribution is -2.13. The Bertz CT molecular complexity index is 1190. The van der Waals surface area contributed by atoms with Crippen molar-refractivity contribution in [1.29, 1.82) is 0 Å². The van der Waals surface area contributed by atoms with Gasteiger partial charge in [-0.2, -0.15) is 0 Å². The highest BCUT2D eigenvalue weighted by molar-refractivity contribution is 6.04. The summed E-state index contributed by atoms with van der Waals surface area (Å²) in [7, 11) is 0. The Morgan fingerprint density at radius 3 is 2.87 bits per heavy atom. The first-order valence-electron chi connectivity index (χ1n) is 9.78. The minimum absolute atomic E-state index is 0.197. The minimum Gasteiger partial charge on any atom is -0.493 e. The summed E-state index contributed by atoms with van der Waals surface area (Å²) in [6.45, 7) is 4.45. The summed E-state index contributed by atoms with van der Waals surface area (Å²) < 4.78 is 5.69. The van der Waals surface area contributed by atoms with Gasteiger partial charge in [-0.3, -0.25) is 4.79 Å². The zero-order chi connectivity index (χ0) is 21.1. The van der Waals surface area contributed by atoms with E-state index < -0.39 is 0 Å². The highest BCUT2D eigenvalue weighted by Gasteiger charge is 2.13. The first kappa shape index (κ1) is 19.5. The molecule has 6 nitrogen and oxygen atoms in total. The van der Waals surface area contributed by atoms with E-state index in [9.17, 15) is 4.79 Å². The molecule has 4 rings (SSSR count). The average Bonchev–Trinajstić information content (AvgIpc) is 2.75. The Morgan fingerprint density at radius 2 is 2.03 bits per heavy atom. The van der Waals surface area contributed by atoms with Gasteiger partial charge in [0.05, 0.1) is 18.5 Å². The molecule has 0 unspecified atom stereocenters. The van der Waals surface area contributed by atoms with Gasteiger partial charge in [-0.25, -0.2) is 9.97 Å². The van der Waals surface area contributed by atoms with E-state index in [0.717, 1.165) is 29.7 Å².